The Bertz CT molecular complexity index is 1310. The molecule has 4 aromatic rings. The van der Waals surface area contributed by atoms with Crippen LogP contribution in [0.25, 0.3) is 22.3 Å². The summed E-state index contributed by atoms with van der Waals surface area (Å²) in [6, 6.07) is 13.2. The number of benzene rings is 1. The lowest BCUT2D eigenvalue weighted by molar-refractivity contribution is -0.137. The maximum atomic E-state index is 13.2. The summed E-state index contributed by atoms with van der Waals surface area (Å²) in [5.41, 5.74) is 1.42. The molecule has 1 aromatic carbocycles. The van der Waals surface area contributed by atoms with Crippen LogP contribution >= 0.6 is 0 Å². The van der Waals surface area contributed by atoms with Crippen molar-refractivity contribution in [2.45, 2.75) is 24.6 Å². The minimum Gasteiger partial charge on any atom is -0.351 e. The normalized spacial score (nSPS) is 18.0. The molecule has 6 nitrogen and oxygen atoms in total. The van der Waals surface area contributed by atoms with E-state index in [0.29, 0.717) is 17.4 Å². The van der Waals surface area contributed by atoms with Crippen molar-refractivity contribution in [2.75, 3.05) is 5.32 Å². The molecule has 31 heavy (non-hydrogen) atoms. The van der Waals surface area contributed by atoms with Crippen molar-refractivity contribution in [3.63, 3.8) is 0 Å². The molecule has 0 aliphatic heterocycles. The number of halogens is 3. The number of nitrogens with one attached hydrogen (secondary N) is 2. The van der Waals surface area contributed by atoms with Crippen LogP contribution in [0, 0.1) is 11.3 Å². The van der Waals surface area contributed by atoms with Crippen LogP contribution in [-0.4, -0.2) is 26.0 Å². The molecular formula is C22H15F3N6. The van der Waals surface area contributed by atoms with E-state index in [-0.39, 0.29) is 28.3 Å². The molecule has 1 saturated carbocycles. The Balaban J connectivity index is 1.49. The third-order valence-corrected chi connectivity index (χ3v) is 5.36. The van der Waals surface area contributed by atoms with Crippen molar-refractivity contribution in [2.24, 2.45) is 0 Å². The van der Waals surface area contributed by atoms with Gasteiger partial charge in [0.25, 0.3) is 0 Å². The number of rotatable bonds is 4. The molecule has 5 rings (SSSR count). The molecule has 2 atom stereocenters. The van der Waals surface area contributed by atoms with Gasteiger partial charge < -0.3 is 10.3 Å². The third-order valence-electron chi connectivity index (χ3n) is 5.36. The predicted molar refractivity (Wildman–Crippen MR) is 108 cm³/mol. The molecule has 0 spiro atoms. The Hall–Kier alpha value is -3.93. The van der Waals surface area contributed by atoms with Crippen LogP contribution in [0.5, 0.6) is 0 Å². The first-order chi connectivity index (χ1) is 14.9. The lowest BCUT2D eigenvalue weighted by Gasteiger charge is -2.09. The predicted octanol–water partition coefficient (Wildman–Crippen LogP) is 4.88. The van der Waals surface area contributed by atoms with E-state index in [1.165, 1.54) is 18.0 Å². The Morgan fingerprint density at radius 1 is 1.13 bits per heavy atom. The number of H-pyrrole nitrogens is 1. The van der Waals surface area contributed by atoms with Gasteiger partial charge >= 0.3 is 6.18 Å². The van der Waals surface area contributed by atoms with Gasteiger partial charge in [-0.1, -0.05) is 30.3 Å². The summed E-state index contributed by atoms with van der Waals surface area (Å²) >= 11 is 0. The van der Waals surface area contributed by atoms with Gasteiger partial charge in [-0.3, -0.25) is 0 Å². The first-order valence-electron chi connectivity index (χ1n) is 9.57. The Morgan fingerprint density at radius 2 is 1.94 bits per heavy atom. The first kappa shape index (κ1) is 19.1. The van der Waals surface area contributed by atoms with Gasteiger partial charge in [0.05, 0.1) is 23.0 Å². The summed E-state index contributed by atoms with van der Waals surface area (Å²) in [6.07, 6.45) is 0.0654. The minimum atomic E-state index is -4.52. The summed E-state index contributed by atoms with van der Waals surface area (Å²) in [7, 11) is 0. The van der Waals surface area contributed by atoms with Crippen LogP contribution in [0.1, 0.15) is 29.0 Å². The molecule has 1 aliphatic rings. The molecule has 1 fully saturated rings. The highest BCUT2D eigenvalue weighted by molar-refractivity contribution is 5.94. The smallest absolute Gasteiger partial charge is 0.351 e. The Morgan fingerprint density at radius 3 is 2.68 bits per heavy atom. The van der Waals surface area contributed by atoms with Crippen molar-refractivity contribution < 1.29 is 13.2 Å². The molecule has 0 amide bonds. The highest BCUT2D eigenvalue weighted by Crippen LogP contribution is 2.42. The SMILES string of the molecule is N#Cc1cnc(NC2CC2c2ccccc2)nc1-c1c[nH]c2ncc(C(F)(F)F)cc12. The van der Waals surface area contributed by atoms with Gasteiger partial charge in [0, 0.05) is 35.3 Å². The number of anilines is 1. The molecule has 3 aromatic heterocycles. The van der Waals surface area contributed by atoms with E-state index >= 15 is 0 Å². The van der Waals surface area contributed by atoms with Crippen LogP contribution in [0.3, 0.4) is 0 Å². The van der Waals surface area contributed by atoms with E-state index in [0.717, 1.165) is 18.7 Å². The molecular weight excluding hydrogens is 405 g/mol. The van der Waals surface area contributed by atoms with Crippen LogP contribution in [0.2, 0.25) is 0 Å². The van der Waals surface area contributed by atoms with Crippen molar-refractivity contribution in [1.29, 1.82) is 5.26 Å². The maximum Gasteiger partial charge on any atom is 0.417 e. The molecule has 2 N–H and O–H groups in total. The van der Waals surface area contributed by atoms with Gasteiger partial charge in [-0.05, 0) is 18.1 Å². The second-order valence-corrected chi connectivity index (χ2v) is 7.39. The molecule has 0 bridgehead atoms. The van der Waals surface area contributed by atoms with Crippen molar-refractivity contribution in [3.8, 4) is 17.3 Å². The Kier molecular flexibility index (Phi) is 4.36. The largest absolute Gasteiger partial charge is 0.417 e. The second-order valence-electron chi connectivity index (χ2n) is 7.39. The van der Waals surface area contributed by atoms with E-state index in [4.69, 9.17) is 0 Å². The topological polar surface area (TPSA) is 90.3 Å². The van der Waals surface area contributed by atoms with E-state index in [1.807, 2.05) is 24.3 Å². The Labute approximate surface area is 174 Å². The van der Waals surface area contributed by atoms with Gasteiger partial charge in [0.15, 0.2) is 0 Å². The van der Waals surface area contributed by atoms with Gasteiger partial charge in [0.2, 0.25) is 5.95 Å². The number of hydrogen-bond acceptors (Lipinski definition) is 5. The van der Waals surface area contributed by atoms with Crippen molar-refractivity contribution in [1.82, 2.24) is 19.9 Å². The van der Waals surface area contributed by atoms with Crippen LogP contribution in [0.15, 0.2) is 55.0 Å². The van der Waals surface area contributed by atoms with Crippen LogP contribution in [0.4, 0.5) is 19.1 Å². The first-order valence-corrected chi connectivity index (χ1v) is 9.57. The number of nitriles is 1. The molecule has 154 valence electrons. The monoisotopic (exact) mass is 420 g/mol. The summed E-state index contributed by atoms with van der Waals surface area (Å²) in [5.74, 6) is 0.669. The fourth-order valence-corrected chi connectivity index (χ4v) is 3.68. The highest BCUT2D eigenvalue weighted by atomic mass is 19.4. The average Bonchev–Trinajstić information content (AvgIpc) is 3.40. The van der Waals surface area contributed by atoms with Crippen molar-refractivity contribution in [3.05, 3.63) is 71.7 Å². The summed E-state index contributed by atoms with van der Waals surface area (Å²) in [4.78, 5) is 15.4. The van der Waals surface area contributed by atoms with E-state index < -0.39 is 11.7 Å². The lowest BCUT2D eigenvalue weighted by atomic mass is 10.1. The van der Waals surface area contributed by atoms with Gasteiger partial charge in [-0.25, -0.2) is 15.0 Å². The average molecular weight is 420 g/mol. The summed E-state index contributed by atoms with van der Waals surface area (Å²) in [6.45, 7) is 0. The summed E-state index contributed by atoms with van der Waals surface area (Å²) in [5, 5.41) is 13.0. The molecule has 2 unspecified atom stereocenters. The number of nitrogens with zero attached hydrogens (tertiary/aromatic N) is 4. The maximum absolute atomic E-state index is 13.2. The minimum absolute atomic E-state index is 0.157. The van der Waals surface area contributed by atoms with Gasteiger partial charge in [-0.15, -0.1) is 0 Å². The van der Waals surface area contributed by atoms with Gasteiger partial charge in [-0.2, -0.15) is 18.4 Å². The molecule has 1 aliphatic carbocycles. The number of hydrogen-bond donors (Lipinski definition) is 2. The van der Waals surface area contributed by atoms with E-state index in [9.17, 15) is 18.4 Å². The highest BCUT2D eigenvalue weighted by Gasteiger charge is 2.39. The van der Waals surface area contributed by atoms with Crippen molar-refractivity contribution >= 4 is 17.0 Å². The number of pyridine rings is 1. The molecule has 0 saturated heterocycles. The number of aromatic nitrogens is 4. The fraction of sp³-hybridized carbons (Fsp3) is 0.182. The second kappa shape index (κ2) is 7.09. The van der Waals surface area contributed by atoms with Crippen LogP contribution in [-0.2, 0) is 6.18 Å². The zero-order valence-electron chi connectivity index (χ0n) is 16.0. The van der Waals surface area contributed by atoms with E-state index in [1.54, 1.807) is 0 Å². The van der Waals surface area contributed by atoms with Crippen LogP contribution < -0.4 is 5.32 Å². The van der Waals surface area contributed by atoms with Gasteiger partial charge in [0.1, 0.15) is 11.7 Å². The number of fused-ring (bicyclic) bond motifs is 1. The summed E-state index contributed by atoms with van der Waals surface area (Å²) < 4.78 is 39.5. The lowest BCUT2D eigenvalue weighted by Crippen LogP contribution is -2.09. The third kappa shape index (κ3) is 3.57. The quantitative estimate of drug-likeness (QED) is 0.491. The molecule has 3 heterocycles. The fourth-order valence-electron chi connectivity index (χ4n) is 3.68. The molecule has 9 heteroatoms. The zero-order valence-corrected chi connectivity index (χ0v) is 16.0. The molecule has 0 radical (unpaired) electrons. The van der Waals surface area contributed by atoms with E-state index in [2.05, 4.69) is 37.4 Å². The standard InChI is InChI=1S/C22H15F3N6/c23-22(24,25)14-6-16-17(11-28-20(16)27-10-14)19-13(8-26)9-29-21(31-19)30-18-7-15(18)12-4-2-1-3-5-12/h1-6,9-11,15,18H,7H2,(H,27,28)(H,29,30,31). The number of alkyl halides is 3. The zero-order chi connectivity index (χ0) is 21.6. The number of aromatic amines is 1.